The number of carbonyl (C=O) groups excluding carboxylic acids is 1. The minimum absolute atomic E-state index is 0.0565. The Bertz CT molecular complexity index is 545. The average molecular weight is 304 g/mol. The molecule has 2 unspecified atom stereocenters. The van der Waals surface area contributed by atoms with Crippen molar-refractivity contribution in [3.05, 3.63) is 23.8 Å². The van der Waals surface area contributed by atoms with Crippen molar-refractivity contribution in [2.24, 2.45) is 11.7 Å². The van der Waals surface area contributed by atoms with Crippen molar-refractivity contribution in [2.75, 3.05) is 26.3 Å². The second-order valence-corrected chi connectivity index (χ2v) is 6.22. The number of carbonyl (C=O) groups is 1. The summed E-state index contributed by atoms with van der Waals surface area (Å²) in [6.45, 7) is 4.84. The monoisotopic (exact) mass is 304 g/mol. The van der Waals surface area contributed by atoms with Crippen LogP contribution in [0.4, 0.5) is 0 Å². The van der Waals surface area contributed by atoms with E-state index < -0.39 is 0 Å². The molecule has 1 saturated heterocycles. The Hall–Kier alpha value is -1.75. The number of nitrogens with zero attached hydrogens (tertiary/aromatic N) is 1. The molecule has 5 nitrogen and oxygen atoms in total. The van der Waals surface area contributed by atoms with E-state index in [1.807, 2.05) is 24.0 Å². The molecule has 3 rings (SSSR count). The van der Waals surface area contributed by atoms with E-state index in [-0.39, 0.29) is 11.9 Å². The van der Waals surface area contributed by atoms with Gasteiger partial charge in [-0.3, -0.25) is 4.79 Å². The number of ether oxygens (including phenoxy) is 2. The van der Waals surface area contributed by atoms with Crippen molar-refractivity contribution in [2.45, 2.75) is 32.2 Å². The van der Waals surface area contributed by atoms with E-state index >= 15 is 0 Å². The Morgan fingerprint density at radius 1 is 1.27 bits per heavy atom. The summed E-state index contributed by atoms with van der Waals surface area (Å²) in [5.74, 6) is 1.84. The summed E-state index contributed by atoms with van der Waals surface area (Å²) in [6, 6.07) is 5.59. The van der Waals surface area contributed by atoms with E-state index in [1.165, 1.54) is 0 Å². The van der Waals surface area contributed by atoms with Crippen LogP contribution in [0, 0.1) is 5.92 Å². The number of amides is 1. The molecule has 1 fully saturated rings. The summed E-state index contributed by atoms with van der Waals surface area (Å²) in [5.41, 5.74) is 6.66. The van der Waals surface area contributed by atoms with Gasteiger partial charge in [0.1, 0.15) is 0 Å². The number of nitrogens with two attached hydrogens (primary N) is 1. The maximum atomic E-state index is 12.7. The van der Waals surface area contributed by atoms with Gasteiger partial charge in [0.05, 0.1) is 13.2 Å². The third-order valence-corrected chi connectivity index (χ3v) is 4.48. The number of fused-ring (bicyclic) bond motifs is 1. The number of piperidine rings is 1. The van der Waals surface area contributed by atoms with Gasteiger partial charge in [0.15, 0.2) is 11.5 Å². The van der Waals surface area contributed by atoms with Crippen molar-refractivity contribution >= 4 is 5.91 Å². The summed E-state index contributed by atoms with van der Waals surface area (Å²) < 4.78 is 11.3. The number of hydrogen-bond donors (Lipinski definition) is 1. The first-order valence-corrected chi connectivity index (χ1v) is 8.09. The summed E-state index contributed by atoms with van der Waals surface area (Å²) >= 11 is 0. The Morgan fingerprint density at radius 2 is 2.05 bits per heavy atom. The molecular formula is C17H24N2O3. The molecule has 0 bridgehead atoms. The van der Waals surface area contributed by atoms with E-state index in [2.05, 4.69) is 0 Å². The van der Waals surface area contributed by atoms with Gasteiger partial charge < -0.3 is 20.1 Å². The number of hydrogen-bond acceptors (Lipinski definition) is 4. The van der Waals surface area contributed by atoms with Gasteiger partial charge >= 0.3 is 0 Å². The van der Waals surface area contributed by atoms with Crippen molar-refractivity contribution in [3.8, 4) is 11.5 Å². The Balaban J connectivity index is 1.76. The van der Waals surface area contributed by atoms with Crippen molar-refractivity contribution in [1.82, 2.24) is 4.90 Å². The van der Waals surface area contributed by atoms with Gasteiger partial charge in [-0.05, 0) is 43.9 Å². The SMILES string of the molecule is CC(N)C1CCCN(C(=O)c2ccc3c(c2)OCCCO3)C1. The van der Waals surface area contributed by atoms with Crippen LogP contribution in [0.1, 0.15) is 36.5 Å². The fraction of sp³-hybridized carbons (Fsp3) is 0.588. The molecule has 0 spiro atoms. The second-order valence-electron chi connectivity index (χ2n) is 6.22. The molecule has 2 N–H and O–H groups in total. The van der Waals surface area contributed by atoms with E-state index in [9.17, 15) is 4.79 Å². The quantitative estimate of drug-likeness (QED) is 0.908. The van der Waals surface area contributed by atoms with Gasteiger partial charge in [-0.15, -0.1) is 0 Å². The van der Waals surface area contributed by atoms with E-state index in [1.54, 1.807) is 6.07 Å². The predicted molar refractivity (Wildman–Crippen MR) is 84.3 cm³/mol. The van der Waals surface area contributed by atoms with E-state index in [4.69, 9.17) is 15.2 Å². The van der Waals surface area contributed by atoms with Crippen molar-refractivity contribution in [1.29, 1.82) is 0 Å². The molecule has 22 heavy (non-hydrogen) atoms. The molecule has 1 aromatic rings. The van der Waals surface area contributed by atoms with Crippen LogP contribution in [0.15, 0.2) is 18.2 Å². The van der Waals surface area contributed by atoms with Gasteiger partial charge in [-0.2, -0.15) is 0 Å². The fourth-order valence-corrected chi connectivity index (χ4v) is 3.10. The molecule has 2 heterocycles. The molecule has 5 heteroatoms. The van der Waals surface area contributed by atoms with E-state index in [0.29, 0.717) is 30.4 Å². The van der Waals surface area contributed by atoms with Gasteiger partial charge in [-0.25, -0.2) is 0 Å². The first-order chi connectivity index (χ1) is 10.6. The highest BCUT2D eigenvalue weighted by Gasteiger charge is 2.27. The third kappa shape index (κ3) is 3.19. The van der Waals surface area contributed by atoms with E-state index in [0.717, 1.165) is 38.1 Å². The fourth-order valence-electron chi connectivity index (χ4n) is 3.10. The average Bonchev–Trinajstić information content (AvgIpc) is 2.78. The lowest BCUT2D eigenvalue weighted by Crippen LogP contribution is -2.45. The lowest BCUT2D eigenvalue weighted by atomic mass is 9.92. The molecule has 2 aliphatic rings. The topological polar surface area (TPSA) is 64.8 Å². The van der Waals surface area contributed by atoms with Gasteiger partial charge in [0, 0.05) is 31.1 Å². The smallest absolute Gasteiger partial charge is 0.254 e. The van der Waals surface area contributed by atoms with Gasteiger partial charge in [0.25, 0.3) is 5.91 Å². The van der Waals surface area contributed by atoms with Crippen LogP contribution in [0.3, 0.4) is 0 Å². The Kier molecular flexibility index (Phi) is 4.52. The lowest BCUT2D eigenvalue weighted by molar-refractivity contribution is 0.0660. The van der Waals surface area contributed by atoms with Crippen LogP contribution in [-0.2, 0) is 0 Å². The predicted octanol–water partition coefficient (Wildman–Crippen LogP) is 2.05. The zero-order valence-electron chi connectivity index (χ0n) is 13.1. The molecule has 0 aliphatic carbocycles. The zero-order chi connectivity index (χ0) is 15.5. The van der Waals surface area contributed by atoms with Crippen LogP contribution in [-0.4, -0.2) is 43.2 Å². The minimum atomic E-state index is 0.0565. The lowest BCUT2D eigenvalue weighted by Gasteiger charge is -2.34. The highest BCUT2D eigenvalue weighted by atomic mass is 16.5. The molecule has 2 atom stereocenters. The maximum Gasteiger partial charge on any atom is 0.254 e. The number of rotatable bonds is 2. The van der Waals surface area contributed by atoms with Crippen LogP contribution >= 0.6 is 0 Å². The summed E-state index contributed by atoms with van der Waals surface area (Å²) in [4.78, 5) is 14.6. The molecular weight excluding hydrogens is 280 g/mol. The highest BCUT2D eigenvalue weighted by Crippen LogP contribution is 2.31. The van der Waals surface area contributed by atoms with Gasteiger partial charge in [0.2, 0.25) is 0 Å². The third-order valence-electron chi connectivity index (χ3n) is 4.48. The first-order valence-electron chi connectivity index (χ1n) is 8.09. The summed E-state index contributed by atoms with van der Waals surface area (Å²) in [6.07, 6.45) is 2.98. The van der Waals surface area contributed by atoms with Crippen LogP contribution in [0.5, 0.6) is 11.5 Å². The number of benzene rings is 1. The molecule has 0 radical (unpaired) electrons. The van der Waals surface area contributed by atoms with Crippen molar-refractivity contribution in [3.63, 3.8) is 0 Å². The maximum absolute atomic E-state index is 12.7. The van der Waals surface area contributed by atoms with Crippen LogP contribution in [0.25, 0.3) is 0 Å². The minimum Gasteiger partial charge on any atom is -0.490 e. The highest BCUT2D eigenvalue weighted by molar-refractivity contribution is 5.95. The van der Waals surface area contributed by atoms with Gasteiger partial charge in [-0.1, -0.05) is 0 Å². The van der Waals surface area contributed by atoms with Crippen LogP contribution in [0.2, 0.25) is 0 Å². The largest absolute Gasteiger partial charge is 0.490 e. The Labute approximate surface area is 131 Å². The van der Waals surface area contributed by atoms with Crippen LogP contribution < -0.4 is 15.2 Å². The molecule has 2 aliphatic heterocycles. The molecule has 120 valence electrons. The summed E-state index contributed by atoms with van der Waals surface area (Å²) in [5, 5.41) is 0. The summed E-state index contributed by atoms with van der Waals surface area (Å²) in [7, 11) is 0. The normalized spacial score (nSPS) is 22.8. The molecule has 1 aromatic carbocycles. The molecule has 0 saturated carbocycles. The number of likely N-dealkylation sites (tertiary alicyclic amines) is 1. The Morgan fingerprint density at radius 3 is 2.82 bits per heavy atom. The molecule has 0 aromatic heterocycles. The standard InChI is InChI=1S/C17H24N2O3/c1-12(18)14-4-2-7-19(11-14)17(20)13-5-6-15-16(10-13)22-9-3-8-21-15/h5-6,10,12,14H,2-4,7-9,11,18H2,1H3. The second kappa shape index (κ2) is 6.57. The molecule has 1 amide bonds. The first kappa shape index (κ1) is 15.2. The van der Waals surface area contributed by atoms with Crippen molar-refractivity contribution < 1.29 is 14.3 Å². The zero-order valence-corrected chi connectivity index (χ0v) is 13.1.